The summed E-state index contributed by atoms with van der Waals surface area (Å²) < 4.78 is 13.7. The van der Waals surface area contributed by atoms with Gasteiger partial charge in [-0.25, -0.2) is 9.59 Å². The molecule has 0 N–H and O–H groups in total. The molecule has 0 aliphatic carbocycles. The first-order valence-electron chi connectivity index (χ1n) is 4.38. The molecule has 0 aromatic carbocycles. The minimum Gasteiger partial charge on any atom is -0.466 e. The van der Waals surface area contributed by atoms with Gasteiger partial charge in [0.25, 0.3) is 0 Å². The summed E-state index contributed by atoms with van der Waals surface area (Å²) >= 11 is 0. The lowest BCUT2D eigenvalue weighted by Gasteiger charge is -2.11. The third-order valence-corrected chi connectivity index (χ3v) is 1.34. The van der Waals surface area contributed by atoms with Gasteiger partial charge in [0.15, 0.2) is 6.10 Å². The zero-order valence-electron chi connectivity index (χ0n) is 8.90. The predicted octanol–water partition coefficient (Wildman–Crippen LogP) is 1.36. The van der Waals surface area contributed by atoms with Crippen LogP contribution in [0.4, 0.5) is 4.79 Å². The summed E-state index contributed by atoms with van der Waals surface area (Å²) in [4.78, 5) is 21.8. The third-order valence-electron chi connectivity index (χ3n) is 1.34. The van der Waals surface area contributed by atoms with Crippen molar-refractivity contribution in [3.05, 3.63) is 0 Å². The fourth-order valence-corrected chi connectivity index (χ4v) is 0.627. The van der Waals surface area contributed by atoms with Gasteiger partial charge in [-0.05, 0) is 12.8 Å². The van der Waals surface area contributed by atoms with Crippen molar-refractivity contribution in [3.8, 4) is 0 Å². The molecular weight excluding hydrogens is 188 g/mol. The first-order chi connectivity index (χ1) is 6.47. The molecule has 0 saturated carbocycles. The number of rotatable bonds is 4. The largest absolute Gasteiger partial charge is 0.509 e. The van der Waals surface area contributed by atoms with Crippen molar-refractivity contribution >= 4 is 12.1 Å². The smallest absolute Gasteiger partial charge is 0.466 e. The Morgan fingerprint density at radius 1 is 1.21 bits per heavy atom. The predicted molar refractivity (Wildman–Crippen MR) is 48.7 cm³/mol. The van der Waals surface area contributed by atoms with Crippen LogP contribution in [0.15, 0.2) is 0 Å². The van der Waals surface area contributed by atoms with E-state index in [4.69, 9.17) is 4.74 Å². The lowest BCUT2D eigenvalue weighted by Crippen LogP contribution is -2.26. The van der Waals surface area contributed by atoms with Crippen molar-refractivity contribution in [2.24, 2.45) is 5.92 Å². The minimum absolute atomic E-state index is 0.232. The fraction of sp³-hybridized carbons (Fsp3) is 0.778. The van der Waals surface area contributed by atoms with Gasteiger partial charge in [0.1, 0.15) is 0 Å². The van der Waals surface area contributed by atoms with E-state index in [1.807, 2.05) is 13.8 Å². The van der Waals surface area contributed by atoms with Crippen LogP contribution >= 0.6 is 0 Å². The second-order valence-corrected chi connectivity index (χ2v) is 3.24. The molecule has 0 aliphatic heterocycles. The summed E-state index contributed by atoms with van der Waals surface area (Å²) in [5, 5.41) is 0. The Hall–Kier alpha value is -1.26. The lowest BCUT2D eigenvalue weighted by atomic mass is 10.2. The van der Waals surface area contributed by atoms with E-state index in [1.165, 1.54) is 14.0 Å². The summed E-state index contributed by atoms with van der Waals surface area (Å²) in [6.45, 7) is 5.49. The maximum Gasteiger partial charge on any atom is 0.509 e. The third kappa shape index (κ3) is 5.40. The van der Waals surface area contributed by atoms with E-state index in [0.717, 1.165) is 0 Å². The van der Waals surface area contributed by atoms with Crippen LogP contribution in [-0.2, 0) is 19.0 Å². The first kappa shape index (κ1) is 12.7. The molecule has 1 atom stereocenters. The highest BCUT2D eigenvalue weighted by Crippen LogP contribution is 1.99. The fourth-order valence-electron chi connectivity index (χ4n) is 0.627. The van der Waals surface area contributed by atoms with Crippen molar-refractivity contribution < 1.29 is 23.8 Å². The molecule has 82 valence electrons. The second-order valence-electron chi connectivity index (χ2n) is 3.24. The van der Waals surface area contributed by atoms with Crippen LogP contribution in [0.25, 0.3) is 0 Å². The molecule has 0 spiro atoms. The molecule has 0 bridgehead atoms. The zero-order chi connectivity index (χ0) is 11.1. The summed E-state index contributed by atoms with van der Waals surface area (Å²) in [6, 6.07) is 0. The van der Waals surface area contributed by atoms with Crippen molar-refractivity contribution in [3.63, 3.8) is 0 Å². The van der Waals surface area contributed by atoms with Gasteiger partial charge in [-0.3, -0.25) is 0 Å². The van der Waals surface area contributed by atoms with Gasteiger partial charge in [0.2, 0.25) is 0 Å². The molecule has 5 nitrogen and oxygen atoms in total. The Morgan fingerprint density at radius 2 is 1.79 bits per heavy atom. The number of hydrogen-bond acceptors (Lipinski definition) is 5. The minimum atomic E-state index is -0.931. The molecule has 0 rings (SSSR count). The summed E-state index contributed by atoms with van der Waals surface area (Å²) in [5.74, 6) is -0.373. The zero-order valence-corrected chi connectivity index (χ0v) is 8.90. The standard InChI is InChI=1S/C9H16O5/c1-6(2)5-13-9(11)14-7(3)8(10)12-4/h6-7H,5H2,1-4H3/t7-/m1/s1. The van der Waals surface area contributed by atoms with Gasteiger partial charge in [-0.15, -0.1) is 0 Å². The number of ether oxygens (including phenoxy) is 3. The Labute approximate surface area is 83.3 Å². The van der Waals surface area contributed by atoms with Crippen molar-refractivity contribution in [2.75, 3.05) is 13.7 Å². The quantitative estimate of drug-likeness (QED) is 0.647. The maximum absolute atomic E-state index is 10.9. The highest BCUT2D eigenvalue weighted by Gasteiger charge is 2.18. The van der Waals surface area contributed by atoms with E-state index in [2.05, 4.69) is 9.47 Å². The molecule has 0 unspecified atom stereocenters. The summed E-state index contributed by atoms with van der Waals surface area (Å²) in [7, 11) is 1.22. The van der Waals surface area contributed by atoms with Gasteiger partial charge in [0, 0.05) is 0 Å². The topological polar surface area (TPSA) is 61.8 Å². The molecule has 0 heterocycles. The Kier molecular flexibility index (Phi) is 5.67. The molecule has 0 aliphatic rings. The van der Waals surface area contributed by atoms with E-state index < -0.39 is 18.2 Å². The second kappa shape index (κ2) is 6.23. The molecular formula is C9H16O5. The van der Waals surface area contributed by atoms with Crippen LogP contribution < -0.4 is 0 Å². The normalized spacial score (nSPS) is 12.1. The Morgan fingerprint density at radius 3 is 2.21 bits per heavy atom. The van der Waals surface area contributed by atoms with E-state index in [0.29, 0.717) is 0 Å². The van der Waals surface area contributed by atoms with Crippen LogP contribution in [0, 0.1) is 5.92 Å². The number of esters is 1. The molecule has 0 aromatic rings. The number of carbonyl (C=O) groups is 2. The lowest BCUT2D eigenvalue weighted by molar-refractivity contribution is -0.150. The van der Waals surface area contributed by atoms with Gasteiger partial charge >= 0.3 is 12.1 Å². The van der Waals surface area contributed by atoms with Crippen LogP contribution in [0.3, 0.4) is 0 Å². The van der Waals surface area contributed by atoms with Crippen LogP contribution in [0.1, 0.15) is 20.8 Å². The van der Waals surface area contributed by atoms with E-state index in [1.54, 1.807) is 0 Å². The molecule has 0 aromatic heterocycles. The summed E-state index contributed by atoms with van der Waals surface area (Å²) in [6.07, 6.45) is -1.78. The summed E-state index contributed by atoms with van der Waals surface area (Å²) in [5.41, 5.74) is 0. The molecule has 5 heteroatoms. The molecule has 0 saturated heterocycles. The molecule has 0 radical (unpaired) electrons. The Bertz CT molecular complexity index is 199. The first-order valence-corrected chi connectivity index (χ1v) is 4.38. The number of methoxy groups -OCH3 is 1. The van der Waals surface area contributed by atoms with Crippen molar-refractivity contribution in [1.82, 2.24) is 0 Å². The molecule has 14 heavy (non-hydrogen) atoms. The van der Waals surface area contributed by atoms with E-state index in [9.17, 15) is 9.59 Å². The average Bonchev–Trinajstić information content (AvgIpc) is 2.13. The van der Waals surface area contributed by atoms with Crippen molar-refractivity contribution in [2.45, 2.75) is 26.9 Å². The average molecular weight is 204 g/mol. The highest BCUT2D eigenvalue weighted by atomic mass is 16.7. The van der Waals surface area contributed by atoms with Crippen LogP contribution in [0.2, 0.25) is 0 Å². The monoisotopic (exact) mass is 204 g/mol. The number of carbonyl (C=O) groups excluding carboxylic acids is 2. The van der Waals surface area contributed by atoms with Gasteiger partial charge in [0.05, 0.1) is 13.7 Å². The van der Waals surface area contributed by atoms with E-state index in [-0.39, 0.29) is 12.5 Å². The van der Waals surface area contributed by atoms with E-state index >= 15 is 0 Å². The van der Waals surface area contributed by atoms with Crippen LogP contribution in [0.5, 0.6) is 0 Å². The van der Waals surface area contributed by atoms with Crippen LogP contribution in [-0.4, -0.2) is 31.9 Å². The Balaban J connectivity index is 3.77. The molecule has 0 amide bonds. The SMILES string of the molecule is COC(=O)[C@@H](C)OC(=O)OCC(C)C. The van der Waals surface area contributed by atoms with Gasteiger partial charge in [-0.1, -0.05) is 13.8 Å². The molecule has 0 fully saturated rings. The highest BCUT2D eigenvalue weighted by molar-refractivity contribution is 5.76. The van der Waals surface area contributed by atoms with Crippen molar-refractivity contribution in [1.29, 1.82) is 0 Å². The maximum atomic E-state index is 10.9. The number of hydrogen-bond donors (Lipinski definition) is 0. The van der Waals surface area contributed by atoms with Gasteiger partial charge in [-0.2, -0.15) is 0 Å². The van der Waals surface area contributed by atoms with Gasteiger partial charge < -0.3 is 14.2 Å².